The second-order valence-corrected chi connectivity index (χ2v) is 5.27. The van der Waals surface area contributed by atoms with Crippen LogP contribution < -0.4 is 0 Å². The van der Waals surface area contributed by atoms with E-state index in [9.17, 15) is 0 Å². The van der Waals surface area contributed by atoms with Gasteiger partial charge in [0.25, 0.3) is 0 Å². The summed E-state index contributed by atoms with van der Waals surface area (Å²) in [5, 5.41) is 0. The molecule has 0 amide bonds. The molecule has 0 N–H and O–H groups in total. The van der Waals surface area contributed by atoms with Gasteiger partial charge in [0.1, 0.15) is 0 Å². The Morgan fingerprint density at radius 1 is 1.20 bits per heavy atom. The first-order chi connectivity index (χ1) is 7.33. The summed E-state index contributed by atoms with van der Waals surface area (Å²) < 4.78 is 1.09. The standard InChI is InChI=1S/C10H12S3.C2H6/c1-12-8-10(11)13-7-9-5-3-2-4-6-9;1-2/h2-6H,7-8H2,1H3;1-2H3. The van der Waals surface area contributed by atoms with E-state index in [1.54, 1.807) is 23.5 Å². The third-order valence-electron chi connectivity index (χ3n) is 1.50. The average Bonchev–Trinajstić information content (AvgIpc) is 2.31. The Hall–Kier alpha value is 0.01000. The average molecular weight is 258 g/mol. The first kappa shape index (κ1) is 15.0. The van der Waals surface area contributed by atoms with Crippen LogP contribution in [-0.2, 0) is 5.75 Å². The second kappa shape index (κ2) is 10.5. The predicted octanol–water partition coefficient (Wildman–Crippen LogP) is 4.64. The topological polar surface area (TPSA) is 0 Å². The second-order valence-electron chi connectivity index (χ2n) is 2.58. The number of hydrogen-bond acceptors (Lipinski definition) is 3. The molecule has 0 atom stereocenters. The lowest BCUT2D eigenvalue weighted by atomic mass is 10.2. The molecule has 0 unspecified atom stereocenters. The van der Waals surface area contributed by atoms with Gasteiger partial charge in [0.05, 0.1) is 4.20 Å². The number of thioether (sulfide) groups is 2. The SMILES string of the molecule is CC.CSCC(=S)SCc1ccccc1. The Balaban J connectivity index is 0.000000921. The Morgan fingerprint density at radius 3 is 2.33 bits per heavy atom. The van der Waals surface area contributed by atoms with Crippen LogP contribution >= 0.6 is 35.7 Å². The van der Waals surface area contributed by atoms with Crippen LogP contribution in [0.1, 0.15) is 19.4 Å². The molecular formula is C12H18S3. The van der Waals surface area contributed by atoms with Crippen LogP contribution in [0.5, 0.6) is 0 Å². The van der Waals surface area contributed by atoms with Gasteiger partial charge in [0, 0.05) is 11.5 Å². The summed E-state index contributed by atoms with van der Waals surface area (Å²) >= 11 is 8.74. The number of thiocarbonyl (C=S) groups is 1. The van der Waals surface area contributed by atoms with Gasteiger partial charge in [-0.25, -0.2) is 0 Å². The van der Waals surface area contributed by atoms with Crippen molar-refractivity contribution in [1.29, 1.82) is 0 Å². The van der Waals surface area contributed by atoms with Gasteiger partial charge in [-0.2, -0.15) is 11.8 Å². The number of rotatable bonds is 4. The summed E-state index contributed by atoms with van der Waals surface area (Å²) in [6, 6.07) is 10.4. The molecule has 0 saturated heterocycles. The highest BCUT2D eigenvalue weighted by atomic mass is 32.2. The van der Waals surface area contributed by atoms with Gasteiger partial charge in [-0.05, 0) is 11.8 Å². The monoisotopic (exact) mass is 258 g/mol. The van der Waals surface area contributed by atoms with E-state index in [4.69, 9.17) is 12.2 Å². The van der Waals surface area contributed by atoms with Crippen LogP contribution in [0.3, 0.4) is 0 Å². The lowest BCUT2D eigenvalue weighted by Gasteiger charge is -2.01. The van der Waals surface area contributed by atoms with Gasteiger partial charge in [-0.15, -0.1) is 11.8 Å². The lowest BCUT2D eigenvalue weighted by molar-refractivity contribution is 1.43. The Bertz CT molecular complexity index is 257. The van der Waals surface area contributed by atoms with Gasteiger partial charge in [0.15, 0.2) is 0 Å². The minimum Gasteiger partial charge on any atom is -0.159 e. The van der Waals surface area contributed by atoms with E-state index < -0.39 is 0 Å². The zero-order chi connectivity index (χ0) is 11.5. The van der Waals surface area contributed by atoms with E-state index >= 15 is 0 Å². The molecule has 0 aliphatic heterocycles. The minimum atomic E-state index is 0.979. The highest BCUT2D eigenvalue weighted by Crippen LogP contribution is 2.15. The molecule has 15 heavy (non-hydrogen) atoms. The van der Waals surface area contributed by atoms with Gasteiger partial charge >= 0.3 is 0 Å². The smallest absolute Gasteiger partial charge is 0.0580 e. The summed E-state index contributed by atoms with van der Waals surface area (Å²) in [6.07, 6.45) is 2.08. The van der Waals surface area contributed by atoms with Crippen LogP contribution in [-0.4, -0.2) is 16.2 Å². The molecule has 0 saturated carbocycles. The maximum Gasteiger partial charge on any atom is 0.0580 e. The Kier molecular flexibility index (Phi) is 10.5. The third kappa shape index (κ3) is 7.88. The van der Waals surface area contributed by atoms with Crippen molar-refractivity contribution in [1.82, 2.24) is 0 Å². The predicted molar refractivity (Wildman–Crippen MR) is 80.1 cm³/mol. The van der Waals surface area contributed by atoms with E-state index in [1.807, 2.05) is 19.9 Å². The fourth-order valence-corrected chi connectivity index (χ4v) is 2.87. The molecule has 0 nitrogen and oxygen atoms in total. The van der Waals surface area contributed by atoms with Crippen molar-refractivity contribution in [3.8, 4) is 0 Å². The van der Waals surface area contributed by atoms with Crippen LogP contribution in [0.25, 0.3) is 0 Å². The fourth-order valence-electron chi connectivity index (χ4n) is 0.898. The van der Waals surface area contributed by atoms with Crippen molar-refractivity contribution in [2.75, 3.05) is 12.0 Å². The van der Waals surface area contributed by atoms with Crippen LogP contribution in [0, 0.1) is 0 Å². The minimum absolute atomic E-state index is 0.979. The summed E-state index contributed by atoms with van der Waals surface area (Å²) in [6.45, 7) is 4.00. The Morgan fingerprint density at radius 2 is 1.80 bits per heavy atom. The quantitative estimate of drug-likeness (QED) is 0.722. The van der Waals surface area contributed by atoms with Crippen molar-refractivity contribution >= 4 is 39.9 Å². The fraction of sp³-hybridized carbons (Fsp3) is 0.417. The number of benzene rings is 1. The van der Waals surface area contributed by atoms with Gasteiger partial charge < -0.3 is 0 Å². The molecule has 0 fully saturated rings. The van der Waals surface area contributed by atoms with Crippen LogP contribution in [0.4, 0.5) is 0 Å². The Labute approximate surface area is 107 Å². The molecule has 0 heterocycles. The zero-order valence-electron chi connectivity index (χ0n) is 9.53. The van der Waals surface area contributed by atoms with Gasteiger partial charge in [-0.3, -0.25) is 0 Å². The maximum atomic E-state index is 5.19. The molecule has 1 rings (SSSR count). The summed E-state index contributed by atoms with van der Waals surface area (Å²) in [7, 11) is 0. The molecule has 0 aliphatic rings. The molecule has 0 radical (unpaired) electrons. The van der Waals surface area contributed by atoms with E-state index in [1.165, 1.54) is 5.56 Å². The lowest BCUT2D eigenvalue weighted by Crippen LogP contribution is -1.92. The zero-order valence-corrected chi connectivity index (χ0v) is 12.0. The molecule has 0 aromatic heterocycles. The largest absolute Gasteiger partial charge is 0.159 e. The van der Waals surface area contributed by atoms with Crippen molar-refractivity contribution in [3.63, 3.8) is 0 Å². The highest BCUT2D eigenvalue weighted by molar-refractivity contribution is 8.24. The van der Waals surface area contributed by atoms with Crippen LogP contribution in [0.2, 0.25) is 0 Å². The van der Waals surface area contributed by atoms with Gasteiger partial charge in [-0.1, -0.05) is 56.4 Å². The summed E-state index contributed by atoms with van der Waals surface area (Å²) in [5.41, 5.74) is 1.34. The molecule has 1 aromatic carbocycles. The molecule has 0 aliphatic carbocycles. The van der Waals surface area contributed by atoms with Crippen molar-refractivity contribution in [2.24, 2.45) is 0 Å². The van der Waals surface area contributed by atoms with Gasteiger partial charge in [0.2, 0.25) is 0 Å². The van der Waals surface area contributed by atoms with Crippen molar-refractivity contribution < 1.29 is 0 Å². The normalized spacial score (nSPS) is 9.00. The molecule has 1 aromatic rings. The van der Waals surface area contributed by atoms with Crippen molar-refractivity contribution in [3.05, 3.63) is 35.9 Å². The van der Waals surface area contributed by atoms with E-state index in [0.717, 1.165) is 15.7 Å². The van der Waals surface area contributed by atoms with E-state index in [0.29, 0.717) is 0 Å². The van der Waals surface area contributed by atoms with E-state index in [-0.39, 0.29) is 0 Å². The molecule has 0 bridgehead atoms. The molecular weight excluding hydrogens is 240 g/mol. The molecule has 84 valence electrons. The summed E-state index contributed by atoms with van der Waals surface area (Å²) in [4.78, 5) is 0. The molecule has 3 heteroatoms. The third-order valence-corrected chi connectivity index (χ3v) is 3.89. The van der Waals surface area contributed by atoms with E-state index in [2.05, 4.69) is 30.5 Å². The highest BCUT2D eigenvalue weighted by Gasteiger charge is 1.97. The molecule has 0 spiro atoms. The van der Waals surface area contributed by atoms with Crippen molar-refractivity contribution in [2.45, 2.75) is 19.6 Å². The van der Waals surface area contributed by atoms with Crippen LogP contribution in [0.15, 0.2) is 30.3 Å². The first-order valence-corrected chi connectivity index (χ1v) is 7.80. The maximum absolute atomic E-state index is 5.19. The number of hydrogen-bond donors (Lipinski definition) is 0. The summed E-state index contributed by atoms with van der Waals surface area (Å²) in [5.74, 6) is 1.98. The first-order valence-electron chi connectivity index (χ1n) is 5.01.